The molecule has 3 aliphatic rings. The zero-order valence-corrected chi connectivity index (χ0v) is 20.5. The maximum Gasteiger partial charge on any atom is 0.243 e. The fraction of sp³-hybridized carbons (Fsp3) is 0.636. The Morgan fingerprint density at radius 2 is 2.00 bits per heavy atom. The normalized spacial score (nSPS) is 26.2. The van der Waals surface area contributed by atoms with Gasteiger partial charge in [0.2, 0.25) is 5.91 Å². The van der Waals surface area contributed by atoms with Gasteiger partial charge in [-0.3, -0.25) is 9.69 Å². The molecule has 2 fully saturated rings. The lowest BCUT2D eigenvalue weighted by molar-refractivity contribution is -0.127. The molecule has 1 amide bonds. The van der Waals surface area contributed by atoms with Gasteiger partial charge in [0.25, 0.3) is 0 Å². The minimum absolute atomic E-state index is 0. The molecule has 1 aromatic carbocycles. The van der Waals surface area contributed by atoms with Crippen LogP contribution in [0.15, 0.2) is 29.3 Å². The lowest BCUT2D eigenvalue weighted by Gasteiger charge is -2.29. The van der Waals surface area contributed by atoms with Crippen molar-refractivity contribution < 1.29 is 9.53 Å². The van der Waals surface area contributed by atoms with Crippen molar-refractivity contribution in [2.45, 2.75) is 56.8 Å². The van der Waals surface area contributed by atoms with Crippen molar-refractivity contribution in [1.82, 2.24) is 20.4 Å². The van der Waals surface area contributed by atoms with Gasteiger partial charge in [-0.1, -0.05) is 18.2 Å². The lowest BCUT2D eigenvalue weighted by atomic mass is 10.0. The van der Waals surface area contributed by atoms with Crippen molar-refractivity contribution in [2.75, 3.05) is 33.8 Å². The number of amides is 1. The van der Waals surface area contributed by atoms with Crippen LogP contribution in [0.1, 0.15) is 44.2 Å². The van der Waals surface area contributed by atoms with Crippen molar-refractivity contribution in [3.63, 3.8) is 0 Å². The van der Waals surface area contributed by atoms with Gasteiger partial charge in [-0.15, -0.1) is 24.0 Å². The van der Waals surface area contributed by atoms with E-state index < -0.39 is 0 Å². The van der Waals surface area contributed by atoms with Gasteiger partial charge in [0.05, 0.1) is 12.6 Å². The average molecular weight is 527 g/mol. The predicted octanol–water partition coefficient (Wildman–Crippen LogP) is 2.38. The molecule has 0 spiro atoms. The topological polar surface area (TPSA) is 69.2 Å². The van der Waals surface area contributed by atoms with Crippen LogP contribution in [0.2, 0.25) is 0 Å². The summed E-state index contributed by atoms with van der Waals surface area (Å²) in [5.74, 6) is 1.64. The van der Waals surface area contributed by atoms with Crippen molar-refractivity contribution in [3.8, 4) is 5.75 Å². The maximum absolute atomic E-state index is 12.1. The molecule has 3 atom stereocenters. The number of guanidine groups is 1. The average Bonchev–Trinajstić information content (AvgIpc) is 3.49. The third-order valence-electron chi connectivity index (χ3n) is 6.12. The Balaban J connectivity index is 0.00000256. The van der Waals surface area contributed by atoms with Crippen LogP contribution < -0.4 is 15.4 Å². The van der Waals surface area contributed by atoms with Gasteiger partial charge in [0.15, 0.2) is 5.96 Å². The van der Waals surface area contributed by atoms with Crippen molar-refractivity contribution in [2.24, 2.45) is 4.99 Å². The first-order chi connectivity index (χ1) is 14.0. The number of nitrogens with zero attached hydrogens (tertiary/aromatic N) is 3. The van der Waals surface area contributed by atoms with Crippen LogP contribution in [-0.4, -0.2) is 73.6 Å². The van der Waals surface area contributed by atoms with Crippen LogP contribution >= 0.6 is 24.0 Å². The summed E-state index contributed by atoms with van der Waals surface area (Å²) in [5.41, 5.74) is 1.14. The molecule has 4 rings (SSSR count). The first-order valence-electron chi connectivity index (χ1n) is 10.8. The molecule has 2 N–H and O–H groups in total. The van der Waals surface area contributed by atoms with Crippen LogP contribution in [0.25, 0.3) is 0 Å². The Morgan fingerprint density at radius 3 is 2.73 bits per heavy atom. The van der Waals surface area contributed by atoms with Gasteiger partial charge in [-0.2, -0.15) is 0 Å². The highest BCUT2D eigenvalue weighted by Crippen LogP contribution is 2.34. The summed E-state index contributed by atoms with van der Waals surface area (Å²) in [6.07, 6.45) is 4.62. The Hall–Kier alpha value is -1.55. The second kappa shape index (κ2) is 10.2. The summed E-state index contributed by atoms with van der Waals surface area (Å²) in [4.78, 5) is 20.9. The predicted molar refractivity (Wildman–Crippen MR) is 130 cm³/mol. The molecule has 1 saturated heterocycles. The highest BCUT2D eigenvalue weighted by molar-refractivity contribution is 14.0. The molecule has 3 unspecified atom stereocenters. The zero-order chi connectivity index (χ0) is 20.4. The molecule has 1 aliphatic carbocycles. The number of aliphatic imine (C=N–C) groups is 1. The highest BCUT2D eigenvalue weighted by atomic mass is 127. The summed E-state index contributed by atoms with van der Waals surface area (Å²) >= 11 is 0. The Bertz CT molecular complexity index is 768. The van der Waals surface area contributed by atoms with Crippen molar-refractivity contribution >= 4 is 35.8 Å². The first kappa shape index (κ1) is 23.1. The fourth-order valence-corrected chi connectivity index (χ4v) is 4.35. The second-order valence-corrected chi connectivity index (χ2v) is 8.68. The number of fused-ring (bicyclic) bond motifs is 1. The summed E-state index contributed by atoms with van der Waals surface area (Å²) in [7, 11) is 3.53. The van der Waals surface area contributed by atoms with E-state index in [2.05, 4.69) is 33.5 Å². The standard InChI is InChI=1S/C22H33N5O2.HI/c1-15-12-16(14-27(15)17-8-9-17)24-22(23-13-21(28)26(2)3)25-19-10-11-29-20-7-5-4-6-18(19)20;/h4-7,15-17,19H,8-14H2,1-3H3,(H2,23,24,25);1H. The Kier molecular flexibility index (Phi) is 7.84. The minimum Gasteiger partial charge on any atom is -0.493 e. The van der Waals surface area contributed by atoms with E-state index in [0.29, 0.717) is 18.7 Å². The number of halogens is 1. The van der Waals surface area contributed by atoms with E-state index in [-0.39, 0.29) is 42.5 Å². The number of carbonyl (C=O) groups excluding carboxylic acids is 1. The number of ether oxygens (including phenoxy) is 1. The van der Waals surface area contributed by atoms with E-state index >= 15 is 0 Å². The highest BCUT2D eigenvalue weighted by Gasteiger charge is 2.39. The number of nitrogens with one attached hydrogen (secondary N) is 2. The quantitative estimate of drug-likeness (QED) is 0.350. The Labute approximate surface area is 196 Å². The number of benzene rings is 1. The molecule has 30 heavy (non-hydrogen) atoms. The summed E-state index contributed by atoms with van der Waals surface area (Å²) < 4.78 is 5.79. The second-order valence-electron chi connectivity index (χ2n) is 8.68. The van der Waals surface area contributed by atoms with Gasteiger partial charge in [0.1, 0.15) is 12.3 Å². The van der Waals surface area contributed by atoms with Crippen LogP contribution in [0.4, 0.5) is 0 Å². The molecule has 7 nitrogen and oxygen atoms in total. The van der Waals surface area contributed by atoms with Gasteiger partial charge in [0, 0.05) is 50.7 Å². The summed E-state index contributed by atoms with van der Waals surface area (Å²) in [6, 6.07) is 9.97. The molecule has 1 saturated carbocycles. The molecule has 0 bridgehead atoms. The number of para-hydroxylation sites is 1. The first-order valence-corrected chi connectivity index (χ1v) is 10.8. The molecule has 2 aliphatic heterocycles. The van der Waals surface area contributed by atoms with E-state index in [1.165, 1.54) is 12.8 Å². The molecule has 1 aromatic rings. The monoisotopic (exact) mass is 527 g/mol. The van der Waals surface area contributed by atoms with Gasteiger partial charge in [-0.25, -0.2) is 4.99 Å². The van der Waals surface area contributed by atoms with Crippen LogP contribution in [0.5, 0.6) is 5.75 Å². The van der Waals surface area contributed by atoms with Crippen LogP contribution in [0.3, 0.4) is 0 Å². The van der Waals surface area contributed by atoms with Crippen LogP contribution in [-0.2, 0) is 4.79 Å². The molecule has 166 valence electrons. The molecule has 2 heterocycles. The largest absolute Gasteiger partial charge is 0.493 e. The minimum atomic E-state index is -0.00197. The van der Waals surface area contributed by atoms with Crippen molar-refractivity contribution in [1.29, 1.82) is 0 Å². The third-order valence-corrected chi connectivity index (χ3v) is 6.12. The summed E-state index contributed by atoms with van der Waals surface area (Å²) in [5, 5.41) is 7.19. The van der Waals surface area contributed by atoms with E-state index in [9.17, 15) is 4.79 Å². The molecular formula is C22H34IN5O2. The SMILES string of the molecule is CC1CC(NC(=NCC(=O)N(C)C)NC2CCOc3ccccc32)CN1C1CC1.I. The number of carbonyl (C=O) groups is 1. The Morgan fingerprint density at radius 1 is 1.23 bits per heavy atom. The van der Waals surface area contributed by atoms with Gasteiger partial charge in [-0.05, 0) is 32.3 Å². The third kappa shape index (κ3) is 5.57. The van der Waals surface area contributed by atoms with Gasteiger partial charge >= 0.3 is 0 Å². The fourth-order valence-electron chi connectivity index (χ4n) is 4.35. The van der Waals surface area contributed by atoms with Crippen LogP contribution in [0, 0.1) is 0 Å². The smallest absolute Gasteiger partial charge is 0.243 e. The number of hydrogen-bond acceptors (Lipinski definition) is 4. The van der Waals surface area contributed by atoms with E-state index in [0.717, 1.165) is 42.7 Å². The van der Waals surface area contributed by atoms with E-state index in [4.69, 9.17) is 4.74 Å². The molecule has 8 heteroatoms. The molecule has 0 radical (unpaired) electrons. The number of rotatable bonds is 5. The molecular weight excluding hydrogens is 493 g/mol. The number of likely N-dealkylation sites (tertiary alicyclic amines) is 1. The lowest BCUT2D eigenvalue weighted by Crippen LogP contribution is -2.47. The maximum atomic E-state index is 12.1. The van der Waals surface area contributed by atoms with Crippen molar-refractivity contribution in [3.05, 3.63) is 29.8 Å². The zero-order valence-electron chi connectivity index (χ0n) is 18.1. The number of likely N-dealkylation sites (N-methyl/N-ethyl adjacent to an activating group) is 1. The van der Waals surface area contributed by atoms with E-state index in [1.54, 1.807) is 19.0 Å². The van der Waals surface area contributed by atoms with Gasteiger partial charge < -0.3 is 20.3 Å². The van der Waals surface area contributed by atoms with E-state index in [1.807, 2.05) is 18.2 Å². The number of hydrogen-bond donors (Lipinski definition) is 2. The molecule has 0 aromatic heterocycles. The summed E-state index contributed by atoms with van der Waals surface area (Å²) in [6.45, 7) is 4.17.